The summed E-state index contributed by atoms with van der Waals surface area (Å²) in [5.74, 6) is -1.15. The van der Waals surface area contributed by atoms with Crippen molar-refractivity contribution in [3.05, 3.63) is 48.0 Å². The van der Waals surface area contributed by atoms with Crippen LogP contribution in [0.4, 0.5) is 13.2 Å². The summed E-state index contributed by atoms with van der Waals surface area (Å²) < 4.78 is 47.0. The predicted molar refractivity (Wildman–Crippen MR) is 73.6 cm³/mol. The quantitative estimate of drug-likeness (QED) is 0.723. The molecule has 0 N–H and O–H groups in total. The lowest BCUT2D eigenvalue weighted by molar-refractivity contribution is -0.159. The Balaban J connectivity index is 1.69. The fourth-order valence-electron chi connectivity index (χ4n) is 1.78. The van der Waals surface area contributed by atoms with Gasteiger partial charge in [0.15, 0.2) is 0 Å². The van der Waals surface area contributed by atoms with Crippen LogP contribution in [-0.2, 0) is 12.8 Å². The predicted octanol–water partition coefficient (Wildman–Crippen LogP) is 2.83. The molecular formula is C14H10F3N5O2. The van der Waals surface area contributed by atoms with Crippen LogP contribution in [0, 0.1) is 6.92 Å². The summed E-state index contributed by atoms with van der Waals surface area (Å²) in [6, 6.07) is 3.12. The lowest BCUT2D eigenvalue weighted by Crippen LogP contribution is -2.05. The minimum Gasteiger partial charge on any atom is -0.471 e. The van der Waals surface area contributed by atoms with E-state index >= 15 is 0 Å². The number of alkyl halides is 3. The van der Waals surface area contributed by atoms with Gasteiger partial charge in [-0.05, 0) is 19.1 Å². The van der Waals surface area contributed by atoms with Crippen molar-refractivity contribution in [3.8, 4) is 17.3 Å². The smallest absolute Gasteiger partial charge is 0.471 e. The monoisotopic (exact) mass is 337 g/mol. The summed E-state index contributed by atoms with van der Waals surface area (Å²) in [5.41, 5.74) is 1.65. The first-order chi connectivity index (χ1) is 11.4. The summed E-state index contributed by atoms with van der Waals surface area (Å²) in [6.07, 6.45) is -0.348. The Bertz CT molecular complexity index is 833. The van der Waals surface area contributed by atoms with Crippen molar-refractivity contribution in [2.24, 2.45) is 0 Å². The van der Waals surface area contributed by atoms with Crippen LogP contribution in [0.15, 0.2) is 35.4 Å². The molecule has 0 fully saturated rings. The second-order valence-electron chi connectivity index (χ2n) is 4.76. The number of nitrogens with zero attached hydrogens (tertiary/aromatic N) is 5. The van der Waals surface area contributed by atoms with Crippen LogP contribution in [0.1, 0.15) is 17.1 Å². The number of ether oxygens (including phenoxy) is 1. The van der Waals surface area contributed by atoms with Gasteiger partial charge in [-0.3, -0.25) is 4.98 Å². The Morgan fingerprint density at radius 1 is 1.17 bits per heavy atom. The largest absolute Gasteiger partial charge is 0.471 e. The first kappa shape index (κ1) is 15.8. The van der Waals surface area contributed by atoms with Crippen molar-refractivity contribution < 1.29 is 22.4 Å². The minimum absolute atomic E-state index is 0.151. The van der Waals surface area contributed by atoms with Crippen molar-refractivity contribution >= 4 is 0 Å². The van der Waals surface area contributed by atoms with Crippen LogP contribution in [0.2, 0.25) is 0 Å². The summed E-state index contributed by atoms with van der Waals surface area (Å²) in [7, 11) is 0. The third-order valence-corrected chi connectivity index (χ3v) is 2.96. The van der Waals surface area contributed by atoms with Crippen LogP contribution in [-0.4, -0.2) is 25.1 Å². The molecule has 0 radical (unpaired) electrons. The molecule has 0 aliphatic rings. The second kappa shape index (κ2) is 6.22. The van der Waals surface area contributed by atoms with E-state index in [0.29, 0.717) is 17.1 Å². The maximum atomic E-state index is 12.4. The van der Waals surface area contributed by atoms with E-state index in [0.717, 1.165) is 5.56 Å². The van der Waals surface area contributed by atoms with Crippen LogP contribution in [0.5, 0.6) is 5.88 Å². The molecular weight excluding hydrogens is 327 g/mol. The Morgan fingerprint density at radius 3 is 2.62 bits per heavy atom. The molecule has 10 heteroatoms. The third-order valence-electron chi connectivity index (χ3n) is 2.96. The number of hydrogen-bond donors (Lipinski definition) is 0. The van der Waals surface area contributed by atoms with Gasteiger partial charge in [-0.15, -0.1) is 0 Å². The molecule has 0 atom stereocenters. The topological polar surface area (TPSA) is 86.8 Å². The van der Waals surface area contributed by atoms with Crippen molar-refractivity contribution in [1.29, 1.82) is 0 Å². The van der Waals surface area contributed by atoms with E-state index < -0.39 is 12.1 Å². The van der Waals surface area contributed by atoms with Crippen molar-refractivity contribution in [1.82, 2.24) is 25.1 Å². The maximum Gasteiger partial charge on any atom is 0.471 e. The van der Waals surface area contributed by atoms with E-state index in [1.54, 1.807) is 19.2 Å². The Morgan fingerprint density at radius 2 is 2.00 bits per heavy atom. The van der Waals surface area contributed by atoms with Crippen molar-refractivity contribution in [2.75, 3.05) is 0 Å². The molecule has 0 saturated carbocycles. The van der Waals surface area contributed by atoms with Crippen molar-refractivity contribution in [2.45, 2.75) is 19.7 Å². The normalized spacial score (nSPS) is 11.5. The second-order valence-corrected chi connectivity index (χ2v) is 4.76. The molecule has 124 valence electrons. The zero-order valence-electron chi connectivity index (χ0n) is 12.3. The summed E-state index contributed by atoms with van der Waals surface area (Å²) >= 11 is 0. The number of aromatic nitrogens is 5. The molecule has 3 rings (SSSR count). The molecule has 0 aliphatic carbocycles. The highest BCUT2D eigenvalue weighted by Gasteiger charge is 2.38. The molecule has 0 spiro atoms. The van der Waals surface area contributed by atoms with Gasteiger partial charge in [0.1, 0.15) is 12.9 Å². The highest BCUT2D eigenvalue weighted by Crippen LogP contribution is 2.29. The molecule has 3 heterocycles. The van der Waals surface area contributed by atoms with E-state index in [4.69, 9.17) is 4.74 Å². The molecule has 3 aromatic heterocycles. The molecule has 0 bridgehead atoms. The summed E-state index contributed by atoms with van der Waals surface area (Å²) in [6.45, 7) is 1.96. The SMILES string of the molecule is Cc1cncnc1OCc1ccc(-c2noc(C(F)(F)F)n2)cn1. The van der Waals surface area contributed by atoms with Gasteiger partial charge in [-0.2, -0.15) is 18.2 Å². The molecule has 0 aromatic carbocycles. The number of pyridine rings is 1. The van der Waals surface area contributed by atoms with Crippen molar-refractivity contribution in [3.63, 3.8) is 0 Å². The van der Waals surface area contributed by atoms with E-state index in [-0.39, 0.29) is 12.4 Å². The van der Waals surface area contributed by atoms with Gasteiger partial charge in [0, 0.05) is 23.5 Å². The lowest BCUT2D eigenvalue weighted by atomic mass is 10.2. The van der Waals surface area contributed by atoms with Gasteiger partial charge in [-0.25, -0.2) is 9.97 Å². The highest BCUT2D eigenvalue weighted by atomic mass is 19.4. The third kappa shape index (κ3) is 3.47. The summed E-state index contributed by atoms with van der Waals surface area (Å²) in [5, 5.41) is 3.29. The number of halogens is 3. The van der Waals surface area contributed by atoms with E-state index in [2.05, 4.69) is 29.6 Å². The number of rotatable bonds is 4. The molecule has 0 unspecified atom stereocenters. The molecule has 3 aromatic rings. The van der Waals surface area contributed by atoms with Crippen LogP contribution in [0.25, 0.3) is 11.4 Å². The van der Waals surface area contributed by atoms with Crippen LogP contribution in [0.3, 0.4) is 0 Å². The average Bonchev–Trinajstić information content (AvgIpc) is 3.05. The maximum absolute atomic E-state index is 12.4. The lowest BCUT2D eigenvalue weighted by Gasteiger charge is -2.06. The first-order valence-electron chi connectivity index (χ1n) is 6.69. The van der Waals surface area contributed by atoms with Gasteiger partial charge in [0.05, 0.1) is 5.69 Å². The zero-order valence-corrected chi connectivity index (χ0v) is 12.3. The molecule has 0 aliphatic heterocycles. The molecule has 0 saturated heterocycles. The fourth-order valence-corrected chi connectivity index (χ4v) is 1.78. The molecule has 24 heavy (non-hydrogen) atoms. The summed E-state index contributed by atoms with van der Waals surface area (Å²) in [4.78, 5) is 15.2. The van der Waals surface area contributed by atoms with E-state index in [1.807, 2.05) is 0 Å². The Labute approximate surface area is 133 Å². The van der Waals surface area contributed by atoms with Gasteiger partial charge in [0.25, 0.3) is 0 Å². The standard InChI is InChI=1S/C14H10F3N5O2/c1-8-4-18-7-20-12(8)23-6-10-3-2-9(5-19-10)11-21-13(24-22-11)14(15,16)17/h2-5,7H,6H2,1H3. The van der Waals surface area contributed by atoms with Gasteiger partial charge in [0.2, 0.25) is 11.7 Å². The Hall–Kier alpha value is -3.04. The van der Waals surface area contributed by atoms with Gasteiger partial charge >= 0.3 is 12.1 Å². The van der Waals surface area contributed by atoms with Gasteiger partial charge < -0.3 is 9.26 Å². The highest BCUT2D eigenvalue weighted by molar-refractivity contribution is 5.52. The molecule has 7 nitrogen and oxygen atoms in total. The number of aryl methyl sites for hydroxylation is 1. The first-order valence-corrected chi connectivity index (χ1v) is 6.69. The fraction of sp³-hybridized carbons (Fsp3) is 0.214. The molecule has 0 amide bonds. The average molecular weight is 337 g/mol. The Kier molecular flexibility index (Phi) is 4.11. The minimum atomic E-state index is -4.68. The zero-order chi connectivity index (χ0) is 17.2. The van der Waals surface area contributed by atoms with Crippen LogP contribution < -0.4 is 4.74 Å². The van der Waals surface area contributed by atoms with E-state index in [9.17, 15) is 13.2 Å². The van der Waals surface area contributed by atoms with Crippen LogP contribution >= 0.6 is 0 Å². The van der Waals surface area contributed by atoms with E-state index in [1.165, 1.54) is 18.6 Å². The van der Waals surface area contributed by atoms with Gasteiger partial charge in [-0.1, -0.05) is 5.16 Å². The number of hydrogen-bond acceptors (Lipinski definition) is 7.